The van der Waals surface area contributed by atoms with Crippen LogP contribution in [-0.2, 0) is 15.7 Å². The molecule has 12 heteroatoms. The Labute approximate surface area is 303 Å². The highest BCUT2D eigenvalue weighted by Gasteiger charge is 2.41. The topological polar surface area (TPSA) is 126 Å². The molecule has 1 unspecified atom stereocenters. The first-order valence-electron chi connectivity index (χ1n) is 17.2. The number of hydrazone groups is 1. The summed E-state index contributed by atoms with van der Waals surface area (Å²) in [6.45, 7) is 4.09. The molecule has 1 N–H and O–H groups in total. The summed E-state index contributed by atoms with van der Waals surface area (Å²) in [6.07, 6.45) is 0. The van der Waals surface area contributed by atoms with Crippen molar-refractivity contribution in [2.24, 2.45) is 5.10 Å². The van der Waals surface area contributed by atoms with Crippen LogP contribution in [0.25, 0.3) is 11.4 Å². The molecule has 7 rings (SSSR count). The zero-order chi connectivity index (χ0) is 36.1. The van der Waals surface area contributed by atoms with Crippen molar-refractivity contribution >= 4 is 22.0 Å². The molecule has 1 aliphatic rings. The van der Waals surface area contributed by atoms with Gasteiger partial charge in [-0.25, -0.2) is 14.5 Å². The molecular weight excluding hydrogens is 673 g/mol. The van der Waals surface area contributed by atoms with Gasteiger partial charge in [-0.3, -0.25) is 0 Å². The molecule has 0 bridgehead atoms. The van der Waals surface area contributed by atoms with Crippen LogP contribution < -0.4 is 4.72 Å². The number of hydrogen-bond acceptors (Lipinski definition) is 7. The van der Waals surface area contributed by atoms with Gasteiger partial charge in [0.25, 0.3) is 0 Å². The first-order chi connectivity index (χ1) is 25.3. The maximum atomic E-state index is 13.3. The van der Waals surface area contributed by atoms with Gasteiger partial charge in [0, 0.05) is 24.6 Å². The van der Waals surface area contributed by atoms with Crippen molar-refractivity contribution in [2.75, 3.05) is 19.6 Å². The van der Waals surface area contributed by atoms with E-state index in [4.69, 9.17) is 5.10 Å². The minimum absolute atomic E-state index is 0.178. The van der Waals surface area contributed by atoms with E-state index in [0.717, 1.165) is 33.4 Å². The van der Waals surface area contributed by atoms with Crippen molar-refractivity contribution in [3.8, 4) is 11.4 Å². The van der Waals surface area contributed by atoms with E-state index in [1.165, 1.54) is 9.31 Å². The molecule has 6 aromatic rings. The van der Waals surface area contributed by atoms with E-state index in [0.29, 0.717) is 11.5 Å². The van der Waals surface area contributed by atoms with Crippen molar-refractivity contribution in [1.29, 1.82) is 0 Å². The monoisotopic (exact) mass is 710 g/mol. The number of benzene rings is 5. The van der Waals surface area contributed by atoms with Gasteiger partial charge in [0.1, 0.15) is 0 Å². The Morgan fingerprint density at radius 3 is 1.71 bits per heavy atom. The number of nitrogens with zero attached hydrogens (tertiary/aromatic N) is 7. The number of nitrogens with one attached hydrogen (secondary N) is 1. The molecular formula is C40H38N8O3S. The normalized spacial score (nSPS) is 14.7. The Kier molecular flexibility index (Phi) is 9.75. The predicted molar refractivity (Wildman–Crippen MR) is 201 cm³/mol. The SMILES string of the molecule is CCN(CC)S(=O)(=O)NC(=O)N1CC(c2ccccc2)C(c2ccc(-c3nnn(C(c4ccccc4)(c4ccccc4)c4ccccc4)n3)cc2)=N1. The third kappa shape index (κ3) is 6.49. The molecule has 0 spiro atoms. The highest BCUT2D eigenvalue weighted by Crippen LogP contribution is 2.40. The summed E-state index contributed by atoms with van der Waals surface area (Å²) in [5, 5.41) is 20.1. The fourth-order valence-electron chi connectivity index (χ4n) is 6.77. The van der Waals surface area contributed by atoms with Gasteiger partial charge in [0.05, 0.1) is 12.3 Å². The van der Waals surface area contributed by atoms with Crippen molar-refractivity contribution in [3.63, 3.8) is 0 Å². The second-order valence-electron chi connectivity index (χ2n) is 12.3. The van der Waals surface area contributed by atoms with Crippen molar-refractivity contribution < 1.29 is 13.2 Å². The standard InChI is InChI=1S/C40H38N8O3S/c1-3-46(4-2)52(50,51)44-39(49)47-29-36(30-17-9-5-10-18-30)37(42-47)31-25-27-32(28-26-31)38-41-45-48(43-38)40(33-19-11-6-12-20-33,34-21-13-7-14-22-34)35-23-15-8-16-24-35/h5-28,36H,3-4,29H2,1-2H3,(H,44,49). The Hall–Kier alpha value is -5.98. The molecule has 2 amide bonds. The molecule has 0 saturated heterocycles. The highest BCUT2D eigenvalue weighted by molar-refractivity contribution is 7.87. The second kappa shape index (κ2) is 14.7. The Morgan fingerprint density at radius 1 is 0.731 bits per heavy atom. The van der Waals surface area contributed by atoms with E-state index in [1.54, 1.807) is 18.6 Å². The molecule has 52 heavy (non-hydrogen) atoms. The van der Waals surface area contributed by atoms with E-state index in [1.807, 2.05) is 109 Å². The lowest BCUT2D eigenvalue weighted by Crippen LogP contribution is -2.47. The van der Waals surface area contributed by atoms with Crippen LogP contribution in [0.4, 0.5) is 4.79 Å². The van der Waals surface area contributed by atoms with Gasteiger partial charge in [-0.2, -0.15) is 17.8 Å². The third-order valence-corrected chi connectivity index (χ3v) is 11.0. The molecule has 0 radical (unpaired) electrons. The lowest BCUT2D eigenvalue weighted by molar-refractivity contribution is 0.209. The van der Waals surface area contributed by atoms with Gasteiger partial charge >= 0.3 is 16.2 Å². The van der Waals surface area contributed by atoms with E-state index in [9.17, 15) is 13.2 Å². The highest BCUT2D eigenvalue weighted by atomic mass is 32.2. The maximum absolute atomic E-state index is 13.3. The van der Waals surface area contributed by atoms with Crippen LogP contribution in [0, 0.1) is 0 Å². The number of hydrogen-bond donors (Lipinski definition) is 1. The Balaban J connectivity index is 1.25. The van der Waals surface area contributed by atoms with Crippen LogP contribution in [0.5, 0.6) is 0 Å². The third-order valence-electron chi connectivity index (χ3n) is 9.34. The van der Waals surface area contributed by atoms with Gasteiger partial charge in [-0.15, -0.1) is 15.0 Å². The fraction of sp³-hybridized carbons (Fsp3) is 0.175. The molecule has 1 aromatic heterocycles. The summed E-state index contributed by atoms with van der Waals surface area (Å²) < 4.78 is 29.0. The first-order valence-corrected chi connectivity index (χ1v) is 18.6. The summed E-state index contributed by atoms with van der Waals surface area (Å²) in [6, 6.07) is 47.0. The first kappa shape index (κ1) is 34.5. The molecule has 2 heterocycles. The number of carbonyl (C=O) groups is 1. The second-order valence-corrected chi connectivity index (χ2v) is 14.0. The zero-order valence-electron chi connectivity index (χ0n) is 28.8. The summed E-state index contributed by atoms with van der Waals surface area (Å²) >= 11 is 0. The van der Waals surface area contributed by atoms with Crippen LogP contribution in [-0.4, -0.2) is 69.3 Å². The number of urea groups is 1. The van der Waals surface area contributed by atoms with Gasteiger partial charge in [-0.05, 0) is 33.0 Å². The average molecular weight is 711 g/mol. The molecule has 0 fully saturated rings. The zero-order valence-corrected chi connectivity index (χ0v) is 29.6. The van der Waals surface area contributed by atoms with E-state index >= 15 is 0 Å². The minimum atomic E-state index is -4.02. The lowest BCUT2D eigenvalue weighted by Gasteiger charge is -2.34. The minimum Gasteiger partial charge on any atom is -0.245 e. The number of aromatic nitrogens is 4. The van der Waals surface area contributed by atoms with E-state index in [-0.39, 0.29) is 25.6 Å². The fourth-order valence-corrected chi connectivity index (χ4v) is 7.91. The maximum Gasteiger partial charge on any atom is 0.352 e. The summed E-state index contributed by atoms with van der Waals surface area (Å²) in [5.74, 6) is 0.158. The molecule has 0 aliphatic carbocycles. The van der Waals surface area contributed by atoms with Crippen molar-refractivity contribution in [3.05, 3.63) is 173 Å². The largest absolute Gasteiger partial charge is 0.352 e. The number of tetrazole rings is 1. The van der Waals surface area contributed by atoms with E-state index in [2.05, 4.69) is 56.5 Å². The number of rotatable bonds is 11. The Bertz CT molecular complexity index is 2170. The Morgan fingerprint density at radius 2 is 1.21 bits per heavy atom. The number of amides is 2. The molecule has 11 nitrogen and oxygen atoms in total. The lowest BCUT2D eigenvalue weighted by atomic mass is 9.77. The van der Waals surface area contributed by atoms with Crippen LogP contribution in [0.1, 0.15) is 47.6 Å². The molecule has 0 saturated carbocycles. The van der Waals surface area contributed by atoms with Crippen molar-refractivity contribution in [2.45, 2.75) is 25.3 Å². The van der Waals surface area contributed by atoms with Crippen LogP contribution in [0.3, 0.4) is 0 Å². The summed E-state index contributed by atoms with van der Waals surface area (Å²) in [5.41, 5.74) is 5.16. The van der Waals surface area contributed by atoms with Gasteiger partial charge < -0.3 is 0 Å². The van der Waals surface area contributed by atoms with E-state index < -0.39 is 21.8 Å². The predicted octanol–water partition coefficient (Wildman–Crippen LogP) is 6.28. The van der Waals surface area contributed by atoms with Crippen LogP contribution >= 0.6 is 0 Å². The quantitative estimate of drug-likeness (QED) is 0.158. The van der Waals surface area contributed by atoms with Crippen LogP contribution in [0.15, 0.2) is 151 Å². The van der Waals surface area contributed by atoms with Gasteiger partial charge in [0.2, 0.25) is 5.82 Å². The van der Waals surface area contributed by atoms with Crippen molar-refractivity contribution in [1.82, 2.24) is 34.2 Å². The average Bonchev–Trinajstić information content (AvgIpc) is 3.87. The molecule has 5 aromatic carbocycles. The number of carbonyl (C=O) groups excluding carboxylic acids is 1. The smallest absolute Gasteiger partial charge is 0.245 e. The van der Waals surface area contributed by atoms with Crippen LogP contribution in [0.2, 0.25) is 0 Å². The van der Waals surface area contributed by atoms with Gasteiger partial charge in [-0.1, -0.05) is 159 Å². The summed E-state index contributed by atoms with van der Waals surface area (Å²) in [7, 11) is -4.02. The molecule has 262 valence electrons. The molecule has 1 aliphatic heterocycles. The van der Waals surface area contributed by atoms with Gasteiger partial charge in [0.15, 0.2) is 5.54 Å². The summed E-state index contributed by atoms with van der Waals surface area (Å²) in [4.78, 5) is 14.9. The molecule has 1 atom stereocenters.